The first-order valence-corrected chi connectivity index (χ1v) is 10.8. The van der Waals surface area contributed by atoms with E-state index >= 15 is 0 Å². The Bertz CT molecular complexity index is 1010. The maximum absolute atomic E-state index is 13.0. The van der Waals surface area contributed by atoms with Gasteiger partial charge in [-0.05, 0) is 56.3 Å². The van der Waals surface area contributed by atoms with Gasteiger partial charge in [0.05, 0.1) is 0 Å². The lowest BCUT2D eigenvalue weighted by Gasteiger charge is -2.19. The van der Waals surface area contributed by atoms with E-state index in [9.17, 15) is 18.8 Å². The Morgan fingerprint density at radius 2 is 1.77 bits per heavy atom. The molecule has 0 aromatic heterocycles. The topological polar surface area (TPSA) is 90.9 Å². The Hall–Kier alpha value is -3.20. The van der Waals surface area contributed by atoms with E-state index in [4.69, 9.17) is 0 Å². The average molecular weight is 443 g/mol. The van der Waals surface area contributed by atoms with Gasteiger partial charge in [0.25, 0.3) is 11.8 Å². The third kappa shape index (κ3) is 5.91. The van der Waals surface area contributed by atoms with Crippen LogP contribution >= 0.6 is 11.8 Å². The van der Waals surface area contributed by atoms with Gasteiger partial charge in [-0.1, -0.05) is 17.8 Å². The molecule has 1 aliphatic rings. The molecule has 0 aliphatic carbocycles. The van der Waals surface area contributed by atoms with Gasteiger partial charge in [0.15, 0.2) is 5.17 Å². The van der Waals surface area contributed by atoms with Crippen LogP contribution in [0.1, 0.15) is 30.6 Å². The number of thioether (sulfide) groups is 1. The quantitative estimate of drug-likeness (QED) is 0.682. The van der Waals surface area contributed by atoms with Crippen molar-refractivity contribution in [1.82, 2.24) is 4.90 Å². The van der Waals surface area contributed by atoms with Crippen LogP contribution in [0.15, 0.2) is 53.5 Å². The molecule has 1 unspecified atom stereocenters. The molecule has 1 aliphatic heterocycles. The fraction of sp³-hybridized carbons (Fsp3) is 0.273. The van der Waals surface area contributed by atoms with Gasteiger partial charge in [-0.2, -0.15) is 4.99 Å². The molecule has 1 heterocycles. The number of halogens is 1. The number of hydrogen-bond acceptors (Lipinski definition) is 5. The Kier molecular flexibility index (Phi) is 7.41. The largest absolute Gasteiger partial charge is 0.352 e. The first-order valence-electron chi connectivity index (χ1n) is 9.90. The van der Waals surface area contributed by atoms with Crippen LogP contribution in [0.2, 0.25) is 0 Å². The molecular formula is C22H23FN4O3S. The molecular weight excluding hydrogens is 419 g/mol. The maximum Gasteiger partial charge on any atom is 0.262 e. The Morgan fingerprint density at radius 1 is 1.06 bits per heavy atom. The van der Waals surface area contributed by atoms with Crippen LogP contribution in [-0.2, 0) is 9.59 Å². The highest BCUT2D eigenvalue weighted by molar-refractivity contribution is 8.15. The molecule has 2 N–H and O–H groups in total. The van der Waals surface area contributed by atoms with E-state index in [0.717, 1.165) is 13.1 Å². The number of amidine groups is 1. The van der Waals surface area contributed by atoms with Crippen molar-refractivity contribution < 1.29 is 18.8 Å². The normalized spacial score (nSPS) is 15.4. The van der Waals surface area contributed by atoms with E-state index in [-0.39, 0.29) is 24.1 Å². The molecule has 0 saturated carbocycles. The zero-order valence-corrected chi connectivity index (χ0v) is 18.0. The number of aliphatic imine (C=N–C) groups is 1. The van der Waals surface area contributed by atoms with Crippen LogP contribution in [0.3, 0.4) is 0 Å². The van der Waals surface area contributed by atoms with E-state index in [0.29, 0.717) is 22.1 Å². The van der Waals surface area contributed by atoms with E-state index < -0.39 is 11.1 Å². The van der Waals surface area contributed by atoms with Crippen molar-refractivity contribution in [2.24, 2.45) is 4.99 Å². The highest BCUT2D eigenvalue weighted by atomic mass is 32.2. The zero-order valence-electron chi connectivity index (χ0n) is 17.2. The number of hydrogen-bond donors (Lipinski definition) is 2. The maximum atomic E-state index is 13.0. The highest BCUT2D eigenvalue weighted by Crippen LogP contribution is 2.27. The Balaban J connectivity index is 1.58. The van der Waals surface area contributed by atoms with Gasteiger partial charge in [0.2, 0.25) is 5.91 Å². The molecule has 162 valence electrons. The second-order valence-electron chi connectivity index (χ2n) is 6.81. The number of amides is 3. The first-order chi connectivity index (χ1) is 14.9. The number of carbonyl (C=O) groups excluding carboxylic acids is 3. The number of rotatable bonds is 7. The zero-order chi connectivity index (χ0) is 22.4. The fourth-order valence-electron chi connectivity index (χ4n) is 2.99. The van der Waals surface area contributed by atoms with Crippen molar-refractivity contribution in [3.8, 4) is 0 Å². The first kappa shape index (κ1) is 22.5. The van der Waals surface area contributed by atoms with E-state index in [1.807, 2.05) is 18.7 Å². The predicted molar refractivity (Wildman–Crippen MR) is 121 cm³/mol. The lowest BCUT2D eigenvalue weighted by molar-refractivity contribution is -0.121. The monoisotopic (exact) mass is 442 g/mol. The third-order valence-corrected chi connectivity index (χ3v) is 5.86. The van der Waals surface area contributed by atoms with Crippen LogP contribution in [-0.4, -0.2) is 46.1 Å². The molecule has 0 fully saturated rings. The van der Waals surface area contributed by atoms with Crippen molar-refractivity contribution in [1.29, 1.82) is 0 Å². The van der Waals surface area contributed by atoms with Crippen molar-refractivity contribution in [2.45, 2.75) is 25.5 Å². The summed E-state index contributed by atoms with van der Waals surface area (Å²) in [6.07, 6.45) is -0.0101. The van der Waals surface area contributed by atoms with E-state index in [1.165, 1.54) is 42.1 Å². The third-order valence-electron chi connectivity index (χ3n) is 4.64. The summed E-state index contributed by atoms with van der Waals surface area (Å²) in [5.41, 5.74) is 1.24. The van der Waals surface area contributed by atoms with Crippen LogP contribution in [0.4, 0.5) is 15.8 Å². The summed E-state index contributed by atoms with van der Waals surface area (Å²) in [7, 11) is 0. The van der Waals surface area contributed by atoms with Crippen molar-refractivity contribution in [2.75, 3.05) is 23.7 Å². The van der Waals surface area contributed by atoms with Crippen LogP contribution in [0, 0.1) is 5.82 Å². The number of benzene rings is 2. The molecule has 31 heavy (non-hydrogen) atoms. The summed E-state index contributed by atoms with van der Waals surface area (Å²) in [6.45, 7) is 5.44. The molecule has 2 aromatic rings. The average Bonchev–Trinajstić information content (AvgIpc) is 3.10. The Morgan fingerprint density at radius 3 is 2.45 bits per heavy atom. The van der Waals surface area contributed by atoms with Gasteiger partial charge in [-0.15, -0.1) is 0 Å². The van der Waals surface area contributed by atoms with Gasteiger partial charge < -0.3 is 15.5 Å². The molecule has 3 rings (SSSR count). The predicted octanol–water partition coefficient (Wildman–Crippen LogP) is 3.75. The number of anilines is 2. The van der Waals surface area contributed by atoms with Gasteiger partial charge in [0, 0.05) is 36.4 Å². The second-order valence-corrected chi connectivity index (χ2v) is 7.98. The molecule has 0 spiro atoms. The minimum Gasteiger partial charge on any atom is -0.352 e. The summed E-state index contributed by atoms with van der Waals surface area (Å²) >= 11 is 1.30. The lowest BCUT2D eigenvalue weighted by atomic mass is 10.1. The lowest BCUT2D eigenvalue weighted by Crippen LogP contribution is -2.27. The second kappa shape index (κ2) is 10.2. The molecule has 7 nitrogen and oxygen atoms in total. The van der Waals surface area contributed by atoms with Gasteiger partial charge in [-0.25, -0.2) is 4.39 Å². The number of carbonyl (C=O) groups is 3. The van der Waals surface area contributed by atoms with Crippen molar-refractivity contribution in [3.05, 3.63) is 59.9 Å². The molecule has 1 atom stereocenters. The van der Waals surface area contributed by atoms with Gasteiger partial charge in [0.1, 0.15) is 11.1 Å². The molecule has 0 saturated heterocycles. The highest BCUT2D eigenvalue weighted by Gasteiger charge is 2.32. The molecule has 0 radical (unpaired) electrons. The van der Waals surface area contributed by atoms with Gasteiger partial charge in [-0.3, -0.25) is 14.4 Å². The summed E-state index contributed by atoms with van der Waals surface area (Å²) in [5.74, 6) is -1.43. The molecule has 9 heteroatoms. The van der Waals surface area contributed by atoms with E-state index in [2.05, 4.69) is 15.6 Å². The van der Waals surface area contributed by atoms with Crippen molar-refractivity contribution in [3.63, 3.8) is 0 Å². The molecule has 2 aromatic carbocycles. The Labute approximate surface area is 184 Å². The van der Waals surface area contributed by atoms with Crippen molar-refractivity contribution >= 4 is 46.0 Å². The summed E-state index contributed by atoms with van der Waals surface area (Å²) in [4.78, 5) is 43.1. The minimum absolute atomic E-state index is 0.0101. The summed E-state index contributed by atoms with van der Waals surface area (Å²) in [6, 6.07) is 11.9. The number of nitrogens with zero attached hydrogens (tertiary/aromatic N) is 2. The van der Waals surface area contributed by atoms with Crippen LogP contribution in [0.25, 0.3) is 0 Å². The van der Waals surface area contributed by atoms with Gasteiger partial charge >= 0.3 is 0 Å². The smallest absolute Gasteiger partial charge is 0.262 e. The summed E-state index contributed by atoms with van der Waals surface area (Å²) < 4.78 is 13.0. The SMILES string of the molecule is CCN(CC)C1=NC(=O)C(CC(=O)Nc2cccc(C(=O)Nc3ccc(F)cc3)c2)S1. The van der Waals surface area contributed by atoms with Crippen LogP contribution < -0.4 is 10.6 Å². The minimum atomic E-state index is -0.555. The van der Waals surface area contributed by atoms with Crippen LogP contribution in [0.5, 0.6) is 0 Å². The summed E-state index contributed by atoms with van der Waals surface area (Å²) in [5, 5.41) is 5.49. The number of nitrogens with one attached hydrogen (secondary N) is 2. The molecule has 3 amide bonds. The standard InChI is InChI=1S/C22H23FN4O3S/c1-3-27(4-2)22-26-21(30)18(31-22)13-19(28)24-17-7-5-6-14(12-17)20(29)25-16-10-8-15(23)9-11-16/h5-12,18H,3-4,13H2,1-2H3,(H,24,28)(H,25,29). The molecule has 0 bridgehead atoms. The van der Waals surface area contributed by atoms with E-state index in [1.54, 1.807) is 18.2 Å². The fourth-order valence-corrected chi connectivity index (χ4v) is 4.19.